The number of hydrogen-bond acceptors (Lipinski definition) is 3. The highest BCUT2D eigenvalue weighted by Crippen LogP contribution is 2.12. The molecule has 0 rings (SSSR count). The van der Waals surface area contributed by atoms with Gasteiger partial charge in [0.25, 0.3) is 0 Å². The quantitative estimate of drug-likeness (QED) is 0.675. The first-order valence-electron chi connectivity index (χ1n) is 6.08. The molecule has 0 spiro atoms. The lowest BCUT2D eigenvalue weighted by Gasteiger charge is -2.32. The number of rotatable bonds is 5. The molecule has 0 aromatic rings. The number of amides is 3. The third-order valence-electron chi connectivity index (χ3n) is 2.83. The maximum absolute atomic E-state index is 11.9. The monoisotopic (exact) mass is 273 g/mol. The van der Waals surface area contributed by atoms with Crippen LogP contribution in [0.2, 0.25) is 0 Å². The molecule has 7 nitrogen and oxygen atoms in total. The van der Waals surface area contributed by atoms with Crippen molar-refractivity contribution in [1.29, 1.82) is 0 Å². The molecule has 0 aromatic carbocycles. The molecule has 0 saturated heterocycles. The Hall–Kier alpha value is -1.79. The van der Waals surface area contributed by atoms with Crippen LogP contribution in [0.4, 0.5) is 4.79 Å². The molecule has 7 heteroatoms. The molecule has 1 atom stereocenters. The number of carboxylic acid groups (broad SMARTS) is 1. The van der Waals surface area contributed by atoms with Crippen LogP contribution in [-0.2, 0) is 9.59 Å². The average Bonchev–Trinajstić information content (AvgIpc) is 2.26. The van der Waals surface area contributed by atoms with Crippen LogP contribution >= 0.6 is 0 Å². The van der Waals surface area contributed by atoms with Crippen molar-refractivity contribution in [2.24, 2.45) is 0 Å². The van der Waals surface area contributed by atoms with Gasteiger partial charge in [-0.2, -0.15) is 0 Å². The Bertz CT molecular complexity index is 366. The summed E-state index contributed by atoms with van der Waals surface area (Å²) in [6.07, 6.45) is 0. The van der Waals surface area contributed by atoms with Crippen LogP contribution in [0, 0.1) is 0 Å². The van der Waals surface area contributed by atoms with Gasteiger partial charge in [0, 0.05) is 13.1 Å². The van der Waals surface area contributed by atoms with Crippen LogP contribution in [0.5, 0.6) is 0 Å². The molecule has 0 saturated carbocycles. The third-order valence-corrected chi connectivity index (χ3v) is 2.83. The zero-order chi connectivity index (χ0) is 15.4. The van der Waals surface area contributed by atoms with Crippen LogP contribution in [-0.4, -0.2) is 52.6 Å². The Kier molecular flexibility index (Phi) is 5.80. The second kappa shape index (κ2) is 6.40. The number of hydrogen-bond donors (Lipinski definition) is 3. The van der Waals surface area contributed by atoms with Crippen molar-refractivity contribution in [2.45, 2.75) is 52.2 Å². The molecule has 0 bridgehead atoms. The number of carbonyl (C=O) groups is 3. The van der Waals surface area contributed by atoms with E-state index < -0.39 is 23.6 Å². The number of nitrogens with one attached hydrogen (secondary N) is 2. The Balaban J connectivity index is 4.62. The van der Waals surface area contributed by atoms with Crippen molar-refractivity contribution < 1.29 is 19.5 Å². The van der Waals surface area contributed by atoms with Gasteiger partial charge in [-0.25, -0.2) is 9.59 Å². The van der Waals surface area contributed by atoms with Crippen LogP contribution in [0.3, 0.4) is 0 Å². The summed E-state index contributed by atoms with van der Waals surface area (Å²) < 4.78 is 0. The summed E-state index contributed by atoms with van der Waals surface area (Å²) in [6.45, 7) is 7.98. The number of aliphatic carboxylic acids is 1. The van der Waals surface area contributed by atoms with E-state index in [-0.39, 0.29) is 11.9 Å². The summed E-state index contributed by atoms with van der Waals surface area (Å²) in [5, 5.41) is 14.1. The molecular formula is C12H23N3O4. The minimum Gasteiger partial charge on any atom is -0.480 e. The first-order valence-corrected chi connectivity index (χ1v) is 6.08. The van der Waals surface area contributed by atoms with Gasteiger partial charge in [0.1, 0.15) is 11.6 Å². The Morgan fingerprint density at radius 2 is 1.58 bits per heavy atom. The van der Waals surface area contributed by atoms with Gasteiger partial charge in [-0.3, -0.25) is 4.79 Å². The summed E-state index contributed by atoms with van der Waals surface area (Å²) in [7, 11) is 1.37. The van der Waals surface area contributed by atoms with Crippen molar-refractivity contribution in [2.75, 3.05) is 7.05 Å². The van der Waals surface area contributed by atoms with Crippen LogP contribution in [0.1, 0.15) is 34.6 Å². The second-order valence-electron chi connectivity index (χ2n) is 5.26. The number of urea groups is 1. The van der Waals surface area contributed by atoms with E-state index in [0.717, 1.165) is 4.90 Å². The zero-order valence-electron chi connectivity index (χ0n) is 12.3. The number of carbonyl (C=O) groups excluding carboxylic acids is 2. The van der Waals surface area contributed by atoms with Gasteiger partial charge in [-0.1, -0.05) is 0 Å². The van der Waals surface area contributed by atoms with Crippen molar-refractivity contribution >= 4 is 17.9 Å². The summed E-state index contributed by atoms with van der Waals surface area (Å²) >= 11 is 0. The summed E-state index contributed by atoms with van der Waals surface area (Å²) in [5.74, 6) is -1.44. The van der Waals surface area contributed by atoms with E-state index >= 15 is 0 Å². The fourth-order valence-corrected chi connectivity index (χ4v) is 1.15. The third kappa shape index (κ3) is 4.76. The lowest BCUT2D eigenvalue weighted by Crippen LogP contribution is -2.57. The predicted molar refractivity (Wildman–Crippen MR) is 70.8 cm³/mol. The lowest BCUT2D eigenvalue weighted by molar-refractivity contribution is -0.146. The van der Waals surface area contributed by atoms with Crippen LogP contribution < -0.4 is 10.6 Å². The highest BCUT2D eigenvalue weighted by atomic mass is 16.4. The molecule has 0 fully saturated rings. The van der Waals surface area contributed by atoms with E-state index in [1.807, 2.05) is 13.8 Å². The van der Waals surface area contributed by atoms with E-state index in [1.165, 1.54) is 27.8 Å². The first kappa shape index (κ1) is 17.2. The first-order chi connectivity index (χ1) is 8.50. The van der Waals surface area contributed by atoms with Gasteiger partial charge < -0.3 is 20.6 Å². The molecule has 110 valence electrons. The average molecular weight is 273 g/mol. The standard InChI is InChI=1S/C12H23N3O4/c1-7(2)13-9(16)8(3)14-11(19)15(6)12(4,5)10(17)18/h7-8H,1-6H3,(H,13,16)(H,14,19)(H,17,18). The van der Waals surface area contributed by atoms with Crippen molar-refractivity contribution in [3.63, 3.8) is 0 Å². The minimum atomic E-state index is -1.35. The highest BCUT2D eigenvalue weighted by molar-refractivity contribution is 5.89. The van der Waals surface area contributed by atoms with E-state index in [4.69, 9.17) is 5.11 Å². The maximum atomic E-state index is 11.9. The van der Waals surface area contributed by atoms with Gasteiger partial charge in [0.15, 0.2) is 0 Å². The fourth-order valence-electron chi connectivity index (χ4n) is 1.15. The van der Waals surface area contributed by atoms with E-state index in [2.05, 4.69) is 10.6 Å². The van der Waals surface area contributed by atoms with Crippen molar-refractivity contribution in [1.82, 2.24) is 15.5 Å². The van der Waals surface area contributed by atoms with E-state index in [0.29, 0.717) is 0 Å². The van der Waals surface area contributed by atoms with Gasteiger partial charge in [0.05, 0.1) is 0 Å². The molecule has 0 aliphatic carbocycles. The van der Waals surface area contributed by atoms with Crippen LogP contribution in [0.25, 0.3) is 0 Å². The van der Waals surface area contributed by atoms with Crippen molar-refractivity contribution in [3.8, 4) is 0 Å². The SMILES string of the molecule is CC(C)NC(=O)C(C)NC(=O)N(C)C(C)(C)C(=O)O. The Labute approximate surface area is 113 Å². The molecular weight excluding hydrogens is 250 g/mol. The highest BCUT2D eigenvalue weighted by Gasteiger charge is 2.36. The summed E-state index contributed by atoms with van der Waals surface area (Å²) in [4.78, 5) is 35.6. The summed E-state index contributed by atoms with van der Waals surface area (Å²) in [5.41, 5.74) is -1.35. The molecule has 19 heavy (non-hydrogen) atoms. The molecule has 0 aliphatic rings. The predicted octanol–water partition coefficient (Wildman–Crippen LogP) is 0.404. The molecule has 0 radical (unpaired) electrons. The number of carboxylic acids is 1. The number of nitrogens with zero attached hydrogens (tertiary/aromatic N) is 1. The molecule has 3 amide bonds. The smallest absolute Gasteiger partial charge is 0.329 e. The Morgan fingerprint density at radius 3 is 1.95 bits per heavy atom. The largest absolute Gasteiger partial charge is 0.480 e. The van der Waals surface area contributed by atoms with Gasteiger partial charge >= 0.3 is 12.0 Å². The van der Waals surface area contributed by atoms with E-state index in [1.54, 1.807) is 0 Å². The second-order valence-corrected chi connectivity index (χ2v) is 5.26. The zero-order valence-corrected chi connectivity index (χ0v) is 12.3. The molecule has 0 aliphatic heterocycles. The van der Waals surface area contributed by atoms with Gasteiger partial charge in [-0.15, -0.1) is 0 Å². The van der Waals surface area contributed by atoms with Gasteiger partial charge in [-0.05, 0) is 34.6 Å². The molecule has 1 unspecified atom stereocenters. The molecule has 3 N–H and O–H groups in total. The molecule has 0 heterocycles. The van der Waals surface area contributed by atoms with E-state index in [9.17, 15) is 14.4 Å². The minimum absolute atomic E-state index is 0.0277. The fraction of sp³-hybridized carbons (Fsp3) is 0.750. The van der Waals surface area contributed by atoms with Crippen molar-refractivity contribution in [3.05, 3.63) is 0 Å². The Morgan fingerprint density at radius 1 is 1.11 bits per heavy atom. The normalized spacial score (nSPS) is 12.8. The lowest BCUT2D eigenvalue weighted by atomic mass is 10.0. The maximum Gasteiger partial charge on any atom is 0.329 e. The van der Waals surface area contributed by atoms with Crippen LogP contribution in [0.15, 0.2) is 0 Å². The molecule has 0 aromatic heterocycles. The topological polar surface area (TPSA) is 98.7 Å². The van der Waals surface area contributed by atoms with Gasteiger partial charge in [0.2, 0.25) is 5.91 Å². The number of likely N-dealkylation sites (N-methyl/N-ethyl adjacent to an activating group) is 1. The summed E-state index contributed by atoms with van der Waals surface area (Å²) in [6, 6.07) is -1.37.